The number of nitrogens with one attached hydrogen (secondary N) is 2. The molecule has 1 saturated heterocycles. The van der Waals surface area contributed by atoms with Crippen LogP contribution in [0.3, 0.4) is 0 Å². The Morgan fingerprint density at radius 3 is 2.39 bits per heavy atom. The van der Waals surface area contributed by atoms with Crippen LogP contribution in [0.4, 0.5) is 10.5 Å². The summed E-state index contributed by atoms with van der Waals surface area (Å²) in [7, 11) is 0. The van der Waals surface area contributed by atoms with Gasteiger partial charge in [0, 0.05) is 24.7 Å². The van der Waals surface area contributed by atoms with E-state index >= 15 is 0 Å². The Bertz CT molecular complexity index is 600. The van der Waals surface area contributed by atoms with Crippen LogP contribution in [0.25, 0.3) is 0 Å². The number of hydrogen-bond acceptors (Lipinski definition) is 2. The zero-order valence-electron chi connectivity index (χ0n) is 14.1. The molecule has 1 aliphatic heterocycles. The van der Waals surface area contributed by atoms with Gasteiger partial charge in [-0.1, -0.05) is 32.9 Å². The van der Waals surface area contributed by atoms with Gasteiger partial charge in [-0.3, -0.25) is 4.79 Å². The van der Waals surface area contributed by atoms with E-state index in [0.717, 1.165) is 18.5 Å². The lowest BCUT2D eigenvalue weighted by Gasteiger charge is -2.19. The normalized spacial score (nSPS) is 21.4. The first-order chi connectivity index (χ1) is 10.8. The topological polar surface area (TPSA) is 61.4 Å². The molecule has 0 aromatic heterocycles. The van der Waals surface area contributed by atoms with Crippen LogP contribution in [-0.2, 0) is 10.2 Å². The van der Waals surface area contributed by atoms with E-state index in [-0.39, 0.29) is 23.4 Å². The number of rotatable bonds is 3. The van der Waals surface area contributed by atoms with Crippen molar-refractivity contribution in [3.05, 3.63) is 29.8 Å². The van der Waals surface area contributed by atoms with Gasteiger partial charge in [0.1, 0.15) is 0 Å². The van der Waals surface area contributed by atoms with Crippen LogP contribution in [-0.4, -0.2) is 35.5 Å². The molecule has 3 rings (SSSR count). The number of nitrogens with zero attached hydrogens (tertiary/aromatic N) is 1. The summed E-state index contributed by atoms with van der Waals surface area (Å²) in [6.45, 7) is 7.11. The van der Waals surface area contributed by atoms with E-state index in [9.17, 15) is 9.59 Å². The second kappa shape index (κ2) is 5.87. The van der Waals surface area contributed by atoms with Crippen molar-refractivity contribution in [1.29, 1.82) is 0 Å². The van der Waals surface area contributed by atoms with Crippen molar-refractivity contribution < 1.29 is 9.59 Å². The van der Waals surface area contributed by atoms with Gasteiger partial charge in [-0.25, -0.2) is 4.79 Å². The molecule has 23 heavy (non-hydrogen) atoms. The van der Waals surface area contributed by atoms with Crippen LogP contribution in [0.15, 0.2) is 24.3 Å². The Labute approximate surface area is 137 Å². The molecule has 1 heterocycles. The van der Waals surface area contributed by atoms with Gasteiger partial charge in [0.2, 0.25) is 5.91 Å². The van der Waals surface area contributed by atoms with Crippen molar-refractivity contribution in [2.24, 2.45) is 0 Å². The van der Waals surface area contributed by atoms with E-state index < -0.39 is 0 Å². The number of benzene rings is 1. The Morgan fingerprint density at radius 1 is 1.17 bits per heavy atom. The summed E-state index contributed by atoms with van der Waals surface area (Å²) in [5.74, 6) is 0.160. The number of anilines is 1. The van der Waals surface area contributed by atoms with Crippen molar-refractivity contribution >= 4 is 17.6 Å². The maximum absolute atomic E-state index is 12.1. The van der Waals surface area contributed by atoms with Crippen LogP contribution >= 0.6 is 0 Å². The summed E-state index contributed by atoms with van der Waals surface area (Å²) in [5, 5.41) is 5.74. The monoisotopic (exact) mass is 315 g/mol. The lowest BCUT2D eigenvalue weighted by molar-refractivity contribution is -0.128. The van der Waals surface area contributed by atoms with Gasteiger partial charge in [0.25, 0.3) is 0 Å². The van der Waals surface area contributed by atoms with Gasteiger partial charge >= 0.3 is 6.03 Å². The fraction of sp³-hybridized carbons (Fsp3) is 0.556. The molecule has 2 fully saturated rings. The number of hydrogen-bond donors (Lipinski definition) is 2. The summed E-state index contributed by atoms with van der Waals surface area (Å²) in [4.78, 5) is 25.9. The molecular weight excluding hydrogens is 290 g/mol. The maximum Gasteiger partial charge on any atom is 0.319 e. The maximum atomic E-state index is 12.1. The summed E-state index contributed by atoms with van der Waals surface area (Å²) in [5.41, 5.74) is 2.08. The molecule has 0 bridgehead atoms. The number of likely N-dealkylation sites (tertiary alicyclic amines) is 1. The Hall–Kier alpha value is -2.04. The molecule has 1 atom stereocenters. The van der Waals surface area contributed by atoms with Crippen molar-refractivity contribution in [2.45, 2.75) is 57.5 Å². The molecular formula is C18H25N3O2. The molecule has 1 aliphatic carbocycles. The molecule has 1 aromatic rings. The highest BCUT2D eigenvalue weighted by Gasteiger charge is 2.39. The van der Waals surface area contributed by atoms with E-state index in [4.69, 9.17) is 0 Å². The minimum atomic E-state index is -0.246. The smallest absolute Gasteiger partial charge is 0.319 e. The van der Waals surface area contributed by atoms with Crippen molar-refractivity contribution in [3.63, 3.8) is 0 Å². The highest BCUT2D eigenvalue weighted by molar-refractivity contribution is 5.90. The molecule has 3 amide bonds. The fourth-order valence-corrected chi connectivity index (χ4v) is 2.97. The molecule has 2 N–H and O–H groups in total. The second-order valence-electron chi connectivity index (χ2n) is 7.60. The largest absolute Gasteiger partial charge is 0.338 e. The highest BCUT2D eigenvalue weighted by atomic mass is 16.2. The zero-order chi connectivity index (χ0) is 16.6. The first kappa shape index (κ1) is 15.8. The minimum absolute atomic E-state index is 0.0862. The van der Waals surface area contributed by atoms with Gasteiger partial charge in [-0.05, 0) is 36.0 Å². The number of urea groups is 1. The third-order valence-corrected chi connectivity index (χ3v) is 4.49. The molecule has 0 unspecified atom stereocenters. The van der Waals surface area contributed by atoms with Crippen LogP contribution in [0.5, 0.6) is 0 Å². The summed E-state index contributed by atoms with van der Waals surface area (Å²) in [6.07, 6.45) is 2.61. The first-order valence-corrected chi connectivity index (χ1v) is 8.30. The third-order valence-electron chi connectivity index (χ3n) is 4.49. The molecule has 2 aliphatic rings. The summed E-state index contributed by atoms with van der Waals surface area (Å²) >= 11 is 0. The fourth-order valence-electron chi connectivity index (χ4n) is 2.97. The average molecular weight is 315 g/mol. The van der Waals surface area contributed by atoms with Gasteiger partial charge in [-0.2, -0.15) is 0 Å². The molecule has 124 valence electrons. The van der Waals surface area contributed by atoms with E-state index in [1.54, 1.807) is 0 Å². The van der Waals surface area contributed by atoms with Gasteiger partial charge < -0.3 is 15.5 Å². The van der Waals surface area contributed by atoms with Gasteiger partial charge in [0.15, 0.2) is 0 Å². The third kappa shape index (κ3) is 3.84. The second-order valence-corrected chi connectivity index (χ2v) is 7.60. The van der Waals surface area contributed by atoms with Crippen LogP contribution < -0.4 is 10.6 Å². The van der Waals surface area contributed by atoms with Crippen LogP contribution in [0.2, 0.25) is 0 Å². The molecule has 5 nitrogen and oxygen atoms in total. The number of carbonyl (C=O) groups is 2. The molecule has 5 heteroatoms. The zero-order valence-corrected chi connectivity index (χ0v) is 14.1. The van der Waals surface area contributed by atoms with E-state index in [2.05, 4.69) is 31.4 Å². The number of carbonyl (C=O) groups excluding carboxylic acids is 2. The lowest BCUT2D eigenvalue weighted by Crippen LogP contribution is -2.40. The van der Waals surface area contributed by atoms with E-state index in [1.807, 2.05) is 29.2 Å². The van der Waals surface area contributed by atoms with Crippen molar-refractivity contribution in [2.75, 3.05) is 11.9 Å². The van der Waals surface area contributed by atoms with Gasteiger partial charge in [-0.15, -0.1) is 0 Å². The molecule has 1 aromatic carbocycles. The predicted molar refractivity (Wildman–Crippen MR) is 90.4 cm³/mol. The average Bonchev–Trinajstić information content (AvgIpc) is 3.23. The van der Waals surface area contributed by atoms with Gasteiger partial charge in [0.05, 0.1) is 6.04 Å². The molecule has 0 spiro atoms. The summed E-state index contributed by atoms with van der Waals surface area (Å²) < 4.78 is 0. The van der Waals surface area contributed by atoms with E-state index in [0.29, 0.717) is 19.0 Å². The van der Waals surface area contributed by atoms with Crippen molar-refractivity contribution in [3.8, 4) is 0 Å². The molecule has 0 radical (unpaired) electrons. The predicted octanol–water partition coefficient (Wildman–Crippen LogP) is 2.87. The Kier molecular flexibility index (Phi) is 4.04. The summed E-state index contributed by atoms with van der Waals surface area (Å²) in [6, 6.07) is 7.98. The van der Waals surface area contributed by atoms with Crippen LogP contribution in [0.1, 0.15) is 45.6 Å². The molecule has 1 saturated carbocycles. The Balaban J connectivity index is 1.52. The van der Waals surface area contributed by atoms with E-state index in [1.165, 1.54) is 5.56 Å². The Morgan fingerprint density at radius 2 is 1.83 bits per heavy atom. The standard InChI is InChI=1S/C18H25N3O2/c1-18(2,3)12-4-6-13(7-5-12)19-17(23)20-14-10-16(22)21(11-14)15-8-9-15/h4-7,14-15H,8-11H2,1-3H3,(H2,19,20,23)/t14-/m1/s1. The quantitative estimate of drug-likeness (QED) is 0.901. The number of amides is 3. The lowest BCUT2D eigenvalue weighted by atomic mass is 9.87. The van der Waals surface area contributed by atoms with Crippen molar-refractivity contribution in [1.82, 2.24) is 10.2 Å². The highest BCUT2D eigenvalue weighted by Crippen LogP contribution is 2.30. The van der Waals surface area contributed by atoms with Crippen LogP contribution in [0, 0.1) is 0 Å². The minimum Gasteiger partial charge on any atom is -0.338 e. The first-order valence-electron chi connectivity index (χ1n) is 8.30. The SMILES string of the molecule is CC(C)(C)c1ccc(NC(=O)N[C@@H]2CC(=O)N(C3CC3)C2)cc1.